The second kappa shape index (κ2) is 5.36. The molecule has 1 saturated heterocycles. The number of ether oxygens (including phenoxy) is 1. The van der Waals surface area contributed by atoms with E-state index in [0.29, 0.717) is 19.4 Å². The van der Waals surface area contributed by atoms with Crippen LogP contribution in [-0.2, 0) is 4.74 Å². The van der Waals surface area contributed by atoms with Crippen LogP contribution in [0.15, 0.2) is 12.1 Å². The fraction of sp³-hybridized carbons (Fsp3) is 0.500. The number of carbonyl (C=O) groups is 1. The molecule has 1 atom stereocenters. The SMILES string of the molecule is CC1(C)CC(NC(=O)c2cc(F)c(N)c(F)c2)CCO1. The quantitative estimate of drug-likeness (QED) is 0.819. The van der Waals surface area contributed by atoms with E-state index in [-0.39, 0.29) is 17.2 Å². The van der Waals surface area contributed by atoms with E-state index in [1.54, 1.807) is 0 Å². The minimum Gasteiger partial charge on any atom is -0.394 e. The summed E-state index contributed by atoms with van der Waals surface area (Å²) < 4.78 is 32.2. The molecule has 1 heterocycles. The Morgan fingerprint density at radius 1 is 1.40 bits per heavy atom. The van der Waals surface area contributed by atoms with Gasteiger partial charge in [0.2, 0.25) is 0 Å². The van der Waals surface area contributed by atoms with Crippen molar-refractivity contribution >= 4 is 11.6 Å². The van der Waals surface area contributed by atoms with Gasteiger partial charge in [-0.15, -0.1) is 0 Å². The Labute approximate surface area is 116 Å². The van der Waals surface area contributed by atoms with Crippen LogP contribution in [0.25, 0.3) is 0 Å². The fourth-order valence-corrected chi connectivity index (χ4v) is 2.34. The molecule has 20 heavy (non-hydrogen) atoms. The Morgan fingerprint density at radius 2 is 2.00 bits per heavy atom. The van der Waals surface area contributed by atoms with Gasteiger partial charge in [-0.05, 0) is 38.8 Å². The zero-order chi connectivity index (χ0) is 14.9. The van der Waals surface area contributed by atoms with E-state index in [1.807, 2.05) is 13.8 Å². The molecule has 6 heteroatoms. The maximum atomic E-state index is 13.3. The molecule has 1 aromatic rings. The second-order valence-electron chi connectivity index (χ2n) is 5.62. The van der Waals surface area contributed by atoms with Gasteiger partial charge in [-0.2, -0.15) is 0 Å². The van der Waals surface area contributed by atoms with Crippen LogP contribution in [-0.4, -0.2) is 24.2 Å². The molecule has 1 aliphatic heterocycles. The molecule has 1 aromatic carbocycles. The predicted octanol–water partition coefficient (Wildman–Crippen LogP) is 2.23. The van der Waals surface area contributed by atoms with Crippen molar-refractivity contribution in [3.05, 3.63) is 29.3 Å². The van der Waals surface area contributed by atoms with Crippen LogP contribution in [0, 0.1) is 11.6 Å². The monoisotopic (exact) mass is 284 g/mol. The first kappa shape index (κ1) is 14.7. The molecule has 1 fully saturated rings. The number of carbonyl (C=O) groups excluding carboxylic acids is 1. The van der Waals surface area contributed by atoms with Crippen molar-refractivity contribution in [1.29, 1.82) is 0 Å². The second-order valence-corrected chi connectivity index (χ2v) is 5.62. The first-order valence-electron chi connectivity index (χ1n) is 6.48. The summed E-state index contributed by atoms with van der Waals surface area (Å²) in [5, 5.41) is 2.77. The lowest BCUT2D eigenvalue weighted by Crippen LogP contribution is -2.45. The van der Waals surface area contributed by atoms with Gasteiger partial charge in [0.05, 0.1) is 5.60 Å². The van der Waals surface area contributed by atoms with Gasteiger partial charge in [0.1, 0.15) is 17.3 Å². The van der Waals surface area contributed by atoms with Gasteiger partial charge in [-0.25, -0.2) is 8.78 Å². The Morgan fingerprint density at radius 3 is 2.55 bits per heavy atom. The number of amides is 1. The zero-order valence-electron chi connectivity index (χ0n) is 11.5. The number of rotatable bonds is 2. The average Bonchev–Trinajstić information content (AvgIpc) is 2.34. The number of halogens is 2. The van der Waals surface area contributed by atoms with Crippen molar-refractivity contribution in [3.8, 4) is 0 Å². The maximum absolute atomic E-state index is 13.3. The molecule has 1 amide bonds. The summed E-state index contributed by atoms with van der Waals surface area (Å²) in [4.78, 5) is 12.0. The van der Waals surface area contributed by atoms with E-state index in [0.717, 1.165) is 12.1 Å². The highest BCUT2D eigenvalue weighted by Crippen LogP contribution is 2.24. The molecule has 0 bridgehead atoms. The number of benzene rings is 1. The molecule has 0 spiro atoms. The molecule has 0 saturated carbocycles. The minimum absolute atomic E-state index is 0.0708. The van der Waals surface area contributed by atoms with Crippen molar-refractivity contribution in [2.75, 3.05) is 12.3 Å². The smallest absolute Gasteiger partial charge is 0.251 e. The lowest BCUT2D eigenvalue weighted by Gasteiger charge is -2.35. The molecular weight excluding hydrogens is 266 g/mol. The van der Waals surface area contributed by atoms with Gasteiger partial charge in [-0.1, -0.05) is 0 Å². The molecule has 0 aromatic heterocycles. The van der Waals surface area contributed by atoms with E-state index in [2.05, 4.69) is 5.32 Å². The number of nitrogens with two attached hydrogens (primary N) is 1. The van der Waals surface area contributed by atoms with E-state index in [1.165, 1.54) is 0 Å². The number of anilines is 1. The van der Waals surface area contributed by atoms with Gasteiger partial charge in [0.25, 0.3) is 5.91 Å². The first-order valence-corrected chi connectivity index (χ1v) is 6.48. The van der Waals surface area contributed by atoms with E-state index in [4.69, 9.17) is 10.5 Å². The highest BCUT2D eigenvalue weighted by molar-refractivity contribution is 5.94. The third-order valence-corrected chi connectivity index (χ3v) is 3.37. The summed E-state index contributed by atoms with van der Waals surface area (Å²) in [7, 11) is 0. The fourth-order valence-electron chi connectivity index (χ4n) is 2.34. The van der Waals surface area contributed by atoms with Gasteiger partial charge in [0.15, 0.2) is 0 Å². The van der Waals surface area contributed by atoms with Crippen LogP contribution in [0.3, 0.4) is 0 Å². The minimum atomic E-state index is -0.928. The van der Waals surface area contributed by atoms with Crippen LogP contribution in [0.1, 0.15) is 37.0 Å². The molecule has 1 unspecified atom stereocenters. The van der Waals surface area contributed by atoms with Crippen molar-refractivity contribution in [1.82, 2.24) is 5.32 Å². The van der Waals surface area contributed by atoms with E-state index in [9.17, 15) is 13.6 Å². The predicted molar refractivity (Wildman–Crippen MR) is 71.3 cm³/mol. The van der Waals surface area contributed by atoms with Crippen LogP contribution >= 0.6 is 0 Å². The molecular formula is C14H18F2N2O2. The van der Waals surface area contributed by atoms with Gasteiger partial charge < -0.3 is 15.8 Å². The Hall–Kier alpha value is -1.69. The summed E-state index contributed by atoms with van der Waals surface area (Å²) in [5.41, 5.74) is 4.21. The molecule has 2 rings (SSSR count). The van der Waals surface area contributed by atoms with Crippen LogP contribution in [0.2, 0.25) is 0 Å². The normalized spacial score (nSPS) is 21.5. The van der Waals surface area contributed by atoms with Gasteiger partial charge >= 0.3 is 0 Å². The lowest BCUT2D eigenvalue weighted by molar-refractivity contribution is -0.0615. The Kier molecular flexibility index (Phi) is 3.94. The molecule has 0 aliphatic carbocycles. The topological polar surface area (TPSA) is 64.4 Å². The molecule has 0 radical (unpaired) electrons. The summed E-state index contributed by atoms with van der Waals surface area (Å²) in [6, 6.07) is 1.81. The van der Waals surface area contributed by atoms with Gasteiger partial charge in [0, 0.05) is 18.2 Å². The molecule has 110 valence electrons. The highest BCUT2D eigenvalue weighted by atomic mass is 19.1. The summed E-state index contributed by atoms with van der Waals surface area (Å²) in [5.74, 6) is -2.37. The first-order chi connectivity index (χ1) is 9.28. The summed E-state index contributed by atoms with van der Waals surface area (Å²) in [6.07, 6.45) is 1.33. The summed E-state index contributed by atoms with van der Waals surface area (Å²) >= 11 is 0. The molecule has 4 nitrogen and oxygen atoms in total. The number of hydrogen-bond donors (Lipinski definition) is 2. The molecule has 3 N–H and O–H groups in total. The number of hydrogen-bond acceptors (Lipinski definition) is 3. The number of nitrogens with one attached hydrogen (secondary N) is 1. The van der Waals surface area contributed by atoms with E-state index < -0.39 is 23.2 Å². The van der Waals surface area contributed by atoms with Crippen LogP contribution < -0.4 is 11.1 Å². The van der Waals surface area contributed by atoms with Crippen LogP contribution in [0.4, 0.5) is 14.5 Å². The van der Waals surface area contributed by atoms with Crippen molar-refractivity contribution in [3.63, 3.8) is 0 Å². The van der Waals surface area contributed by atoms with Gasteiger partial charge in [-0.3, -0.25) is 4.79 Å². The maximum Gasteiger partial charge on any atom is 0.251 e. The highest BCUT2D eigenvalue weighted by Gasteiger charge is 2.30. The zero-order valence-corrected chi connectivity index (χ0v) is 11.5. The lowest BCUT2D eigenvalue weighted by atomic mass is 9.94. The van der Waals surface area contributed by atoms with Crippen molar-refractivity contribution < 1.29 is 18.3 Å². The summed E-state index contributed by atoms with van der Waals surface area (Å²) in [6.45, 7) is 4.42. The standard InChI is InChI=1S/C14H18F2N2O2/c1-14(2)7-9(3-4-20-14)18-13(19)8-5-10(15)12(17)11(16)6-8/h5-6,9H,3-4,7,17H2,1-2H3,(H,18,19). The average molecular weight is 284 g/mol. The number of nitrogen functional groups attached to an aromatic ring is 1. The van der Waals surface area contributed by atoms with Crippen LogP contribution in [0.5, 0.6) is 0 Å². The Bertz CT molecular complexity index is 509. The Balaban J connectivity index is 2.09. The largest absolute Gasteiger partial charge is 0.394 e. The molecule has 1 aliphatic rings. The van der Waals surface area contributed by atoms with Crippen molar-refractivity contribution in [2.24, 2.45) is 0 Å². The third-order valence-electron chi connectivity index (χ3n) is 3.37. The van der Waals surface area contributed by atoms with E-state index >= 15 is 0 Å². The van der Waals surface area contributed by atoms with Crippen molar-refractivity contribution in [2.45, 2.75) is 38.3 Å². The third kappa shape index (κ3) is 3.25.